The first-order chi connectivity index (χ1) is 10.3. The van der Waals surface area contributed by atoms with Crippen LogP contribution in [-0.2, 0) is 6.54 Å². The molecule has 0 unspecified atom stereocenters. The van der Waals surface area contributed by atoms with Crippen LogP contribution in [-0.4, -0.2) is 9.55 Å². The van der Waals surface area contributed by atoms with Gasteiger partial charge < -0.3 is 10.3 Å². The maximum absolute atomic E-state index is 6.10. The molecule has 4 rings (SSSR count). The highest BCUT2D eigenvalue weighted by molar-refractivity contribution is 6.31. The molecule has 106 valence electrons. The normalized spacial score (nSPS) is 14.8. The quantitative estimate of drug-likeness (QED) is 0.789. The van der Waals surface area contributed by atoms with E-state index in [4.69, 9.17) is 22.3 Å². The Balaban J connectivity index is 1.96. The van der Waals surface area contributed by atoms with Gasteiger partial charge in [-0.25, -0.2) is 4.98 Å². The van der Waals surface area contributed by atoms with Gasteiger partial charge in [0.1, 0.15) is 5.82 Å². The van der Waals surface area contributed by atoms with Gasteiger partial charge in [0, 0.05) is 23.2 Å². The SMILES string of the molecule is NCc1cccc(-c2nc3cc(Cl)ccc3n2C2CC2)c1. The highest BCUT2D eigenvalue weighted by Crippen LogP contribution is 2.41. The molecule has 0 radical (unpaired) electrons. The molecule has 3 nitrogen and oxygen atoms in total. The third-order valence-electron chi connectivity index (χ3n) is 3.98. The first-order valence-electron chi connectivity index (χ1n) is 7.23. The van der Waals surface area contributed by atoms with Gasteiger partial charge in [0.15, 0.2) is 0 Å². The van der Waals surface area contributed by atoms with Crippen LogP contribution in [0.3, 0.4) is 0 Å². The van der Waals surface area contributed by atoms with E-state index in [1.54, 1.807) is 0 Å². The minimum Gasteiger partial charge on any atom is -0.326 e. The van der Waals surface area contributed by atoms with Crippen LogP contribution in [0.2, 0.25) is 5.02 Å². The Kier molecular flexibility index (Phi) is 2.98. The van der Waals surface area contributed by atoms with E-state index in [0.717, 1.165) is 33.0 Å². The van der Waals surface area contributed by atoms with Gasteiger partial charge in [-0.2, -0.15) is 0 Å². The number of fused-ring (bicyclic) bond motifs is 1. The molecule has 4 heteroatoms. The molecule has 1 aromatic heterocycles. The summed E-state index contributed by atoms with van der Waals surface area (Å²) in [5.41, 5.74) is 10.1. The second-order valence-corrected chi connectivity index (χ2v) is 6.01. The molecular formula is C17H16ClN3. The van der Waals surface area contributed by atoms with Gasteiger partial charge in [0.25, 0.3) is 0 Å². The molecule has 0 amide bonds. The molecule has 2 aromatic carbocycles. The number of imidazole rings is 1. The van der Waals surface area contributed by atoms with E-state index in [9.17, 15) is 0 Å². The first kappa shape index (κ1) is 12.9. The molecule has 0 saturated heterocycles. The number of halogens is 1. The van der Waals surface area contributed by atoms with E-state index in [2.05, 4.69) is 22.8 Å². The van der Waals surface area contributed by atoms with Crippen LogP contribution in [0.1, 0.15) is 24.4 Å². The fourth-order valence-corrected chi connectivity index (χ4v) is 2.98. The van der Waals surface area contributed by atoms with Gasteiger partial charge in [-0.15, -0.1) is 0 Å². The summed E-state index contributed by atoms with van der Waals surface area (Å²) in [4.78, 5) is 4.82. The van der Waals surface area contributed by atoms with Crippen molar-refractivity contribution in [1.82, 2.24) is 9.55 Å². The van der Waals surface area contributed by atoms with Crippen molar-refractivity contribution in [2.24, 2.45) is 5.73 Å². The Morgan fingerprint density at radius 3 is 2.81 bits per heavy atom. The highest BCUT2D eigenvalue weighted by Gasteiger charge is 2.28. The number of aromatic nitrogens is 2. The monoisotopic (exact) mass is 297 g/mol. The largest absolute Gasteiger partial charge is 0.326 e. The van der Waals surface area contributed by atoms with Gasteiger partial charge in [0.05, 0.1) is 11.0 Å². The predicted molar refractivity (Wildman–Crippen MR) is 86.3 cm³/mol. The van der Waals surface area contributed by atoms with Gasteiger partial charge >= 0.3 is 0 Å². The lowest BCUT2D eigenvalue weighted by Gasteiger charge is -2.08. The highest BCUT2D eigenvalue weighted by atomic mass is 35.5. The van der Waals surface area contributed by atoms with Crippen molar-refractivity contribution >= 4 is 22.6 Å². The van der Waals surface area contributed by atoms with Gasteiger partial charge in [-0.05, 0) is 42.7 Å². The molecule has 1 saturated carbocycles. The molecule has 2 N–H and O–H groups in total. The molecule has 1 aliphatic carbocycles. The van der Waals surface area contributed by atoms with Crippen molar-refractivity contribution in [3.63, 3.8) is 0 Å². The second kappa shape index (κ2) is 4.86. The topological polar surface area (TPSA) is 43.8 Å². The summed E-state index contributed by atoms with van der Waals surface area (Å²) < 4.78 is 2.35. The zero-order valence-corrected chi connectivity index (χ0v) is 12.3. The van der Waals surface area contributed by atoms with E-state index in [0.29, 0.717) is 12.6 Å². The molecule has 0 bridgehead atoms. The van der Waals surface area contributed by atoms with Crippen LogP contribution in [0.5, 0.6) is 0 Å². The fourth-order valence-electron chi connectivity index (χ4n) is 2.82. The number of hydrogen-bond acceptors (Lipinski definition) is 2. The standard InChI is InChI=1S/C17H16ClN3/c18-13-4-7-16-15(9-13)20-17(21(16)14-5-6-14)12-3-1-2-11(8-12)10-19/h1-4,7-9,14H,5-6,10,19H2. The molecule has 1 fully saturated rings. The molecule has 0 spiro atoms. The summed E-state index contributed by atoms with van der Waals surface area (Å²) >= 11 is 6.10. The summed E-state index contributed by atoms with van der Waals surface area (Å²) in [5, 5.41) is 0.727. The van der Waals surface area contributed by atoms with Gasteiger partial charge in [-0.1, -0.05) is 29.8 Å². The molecule has 1 aliphatic rings. The first-order valence-corrected chi connectivity index (χ1v) is 7.61. The number of benzene rings is 2. The van der Waals surface area contributed by atoms with Crippen molar-refractivity contribution in [2.45, 2.75) is 25.4 Å². The maximum Gasteiger partial charge on any atom is 0.141 e. The van der Waals surface area contributed by atoms with Crippen LogP contribution >= 0.6 is 11.6 Å². The molecule has 1 heterocycles. The Morgan fingerprint density at radius 2 is 2.05 bits per heavy atom. The second-order valence-electron chi connectivity index (χ2n) is 5.57. The Bertz CT molecular complexity index is 818. The minimum atomic E-state index is 0.545. The summed E-state index contributed by atoms with van der Waals surface area (Å²) in [6, 6.07) is 14.8. The van der Waals surface area contributed by atoms with Crippen molar-refractivity contribution < 1.29 is 0 Å². The van der Waals surface area contributed by atoms with Crippen molar-refractivity contribution in [3.05, 3.63) is 53.1 Å². The molecule has 0 atom stereocenters. The number of hydrogen-bond donors (Lipinski definition) is 1. The van der Waals surface area contributed by atoms with Gasteiger partial charge in [-0.3, -0.25) is 0 Å². The average Bonchev–Trinajstić information content (AvgIpc) is 3.27. The summed E-state index contributed by atoms with van der Waals surface area (Å²) in [6.07, 6.45) is 2.44. The molecular weight excluding hydrogens is 282 g/mol. The Hall–Kier alpha value is -1.84. The Morgan fingerprint density at radius 1 is 1.19 bits per heavy atom. The number of nitrogens with two attached hydrogens (primary N) is 1. The third-order valence-corrected chi connectivity index (χ3v) is 4.22. The maximum atomic E-state index is 6.10. The smallest absolute Gasteiger partial charge is 0.141 e. The van der Waals surface area contributed by atoms with Crippen LogP contribution in [0.15, 0.2) is 42.5 Å². The van der Waals surface area contributed by atoms with Crippen LogP contribution < -0.4 is 5.73 Å². The lowest BCUT2D eigenvalue weighted by atomic mass is 10.1. The van der Waals surface area contributed by atoms with E-state index in [1.165, 1.54) is 12.8 Å². The fraction of sp³-hybridized carbons (Fsp3) is 0.235. The van der Waals surface area contributed by atoms with Crippen molar-refractivity contribution in [3.8, 4) is 11.4 Å². The van der Waals surface area contributed by atoms with Crippen LogP contribution in [0.25, 0.3) is 22.4 Å². The van der Waals surface area contributed by atoms with E-state index < -0.39 is 0 Å². The van der Waals surface area contributed by atoms with E-state index in [1.807, 2.05) is 24.3 Å². The van der Waals surface area contributed by atoms with Crippen molar-refractivity contribution in [2.75, 3.05) is 0 Å². The van der Waals surface area contributed by atoms with Crippen molar-refractivity contribution in [1.29, 1.82) is 0 Å². The minimum absolute atomic E-state index is 0.545. The Labute approximate surface area is 128 Å². The van der Waals surface area contributed by atoms with Crippen LogP contribution in [0.4, 0.5) is 0 Å². The van der Waals surface area contributed by atoms with Crippen LogP contribution in [0, 0.1) is 0 Å². The van der Waals surface area contributed by atoms with E-state index in [-0.39, 0.29) is 0 Å². The zero-order valence-electron chi connectivity index (χ0n) is 11.6. The lowest BCUT2D eigenvalue weighted by molar-refractivity contribution is 0.775. The molecule has 21 heavy (non-hydrogen) atoms. The number of rotatable bonds is 3. The van der Waals surface area contributed by atoms with E-state index >= 15 is 0 Å². The molecule has 3 aromatic rings. The summed E-state index contributed by atoms with van der Waals surface area (Å²) in [5.74, 6) is 1.02. The zero-order chi connectivity index (χ0) is 14.4. The predicted octanol–water partition coefficient (Wildman–Crippen LogP) is 4.15. The summed E-state index contributed by atoms with van der Waals surface area (Å²) in [6.45, 7) is 0.545. The number of nitrogens with zero attached hydrogens (tertiary/aromatic N) is 2. The molecule has 0 aliphatic heterocycles. The lowest BCUT2D eigenvalue weighted by Crippen LogP contribution is -1.99. The summed E-state index contributed by atoms with van der Waals surface area (Å²) in [7, 11) is 0. The van der Waals surface area contributed by atoms with Gasteiger partial charge in [0.2, 0.25) is 0 Å². The third kappa shape index (κ3) is 2.23. The average molecular weight is 298 g/mol.